The fourth-order valence-electron chi connectivity index (χ4n) is 2.45. The van der Waals surface area contributed by atoms with Gasteiger partial charge in [-0.2, -0.15) is 0 Å². The van der Waals surface area contributed by atoms with E-state index in [0.717, 1.165) is 6.92 Å². The minimum Gasteiger partial charge on any atom is -0.481 e. The monoisotopic (exact) mass is 474 g/mol. The molecule has 0 aromatic rings. The zero-order valence-electron chi connectivity index (χ0n) is 17.8. The molecule has 0 fully saturated rings. The largest absolute Gasteiger partial charge is 0.481 e. The van der Waals surface area contributed by atoms with E-state index in [1.165, 1.54) is 6.92 Å². The molecule has 0 rings (SSSR count). The van der Waals surface area contributed by atoms with E-state index in [2.05, 4.69) is 21.3 Å². The maximum atomic E-state index is 12.5. The molecular formula is C18H26N4O11. The number of aliphatic carboxylic acids is 3. The first kappa shape index (κ1) is 29.0. The molecule has 7 N–H and O–H groups in total. The first-order chi connectivity index (χ1) is 15.3. The van der Waals surface area contributed by atoms with Crippen LogP contribution in [0.1, 0.15) is 39.5 Å². The van der Waals surface area contributed by atoms with E-state index in [-0.39, 0.29) is 6.29 Å². The quantitative estimate of drug-likeness (QED) is 0.118. The standard InChI is InChI=1S/C18H26N4O11/c1-8(16(31)21-10(7-23)5-14(27)28)19-17(32)11(3-4-13(25)26)22-18(33)12(6-15(29)30)20-9(2)24/h7-8,10-12H,3-6H2,1-2H3,(H,19,32)(H,20,24)(H,21,31)(H,22,33)(H,25,26)(H,27,28)(H,29,30)/t8-,10-,11-,12-/m0/s1. The highest BCUT2D eigenvalue weighted by Crippen LogP contribution is 2.03. The third-order valence-corrected chi connectivity index (χ3v) is 3.99. The van der Waals surface area contributed by atoms with Gasteiger partial charge < -0.3 is 41.4 Å². The Morgan fingerprint density at radius 2 is 1.27 bits per heavy atom. The van der Waals surface area contributed by atoms with Crippen molar-refractivity contribution in [1.82, 2.24) is 21.3 Å². The van der Waals surface area contributed by atoms with Crippen LogP contribution in [0, 0.1) is 0 Å². The van der Waals surface area contributed by atoms with Crippen LogP contribution in [-0.4, -0.2) is 87.3 Å². The second-order valence-electron chi connectivity index (χ2n) is 6.92. The van der Waals surface area contributed by atoms with Crippen molar-refractivity contribution in [2.75, 3.05) is 0 Å². The van der Waals surface area contributed by atoms with Crippen molar-refractivity contribution in [3.05, 3.63) is 0 Å². The Labute approximate surface area is 187 Å². The van der Waals surface area contributed by atoms with E-state index in [4.69, 9.17) is 15.3 Å². The van der Waals surface area contributed by atoms with E-state index in [1.54, 1.807) is 0 Å². The summed E-state index contributed by atoms with van der Waals surface area (Å²) in [6, 6.07) is -5.74. The maximum Gasteiger partial charge on any atom is 0.305 e. The van der Waals surface area contributed by atoms with Gasteiger partial charge in [0.25, 0.3) is 0 Å². The molecule has 0 heterocycles. The van der Waals surface area contributed by atoms with Crippen molar-refractivity contribution >= 4 is 47.8 Å². The predicted octanol–water partition coefficient (Wildman–Crippen LogP) is -3.02. The number of amides is 4. The Bertz CT molecular complexity index is 782. The number of nitrogens with one attached hydrogen (secondary N) is 4. The lowest BCUT2D eigenvalue weighted by atomic mass is 10.1. The summed E-state index contributed by atoms with van der Waals surface area (Å²) in [5.41, 5.74) is 0. The molecule has 0 unspecified atom stereocenters. The molecule has 0 saturated heterocycles. The van der Waals surface area contributed by atoms with Crippen molar-refractivity contribution in [2.24, 2.45) is 0 Å². The third-order valence-electron chi connectivity index (χ3n) is 3.99. The van der Waals surface area contributed by atoms with Gasteiger partial charge in [-0.3, -0.25) is 33.6 Å². The molecule has 15 nitrogen and oxygen atoms in total. The number of carbonyl (C=O) groups is 8. The van der Waals surface area contributed by atoms with Crippen LogP contribution in [0.15, 0.2) is 0 Å². The van der Waals surface area contributed by atoms with Gasteiger partial charge in [0, 0.05) is 13.3 Å². The second kappa shape index (κ2) is 14.1. The molecule has 15 heteroatoms. The number of carboxylic acids is 3. The molecule has 0 aliphatic carbocycles. The molecule has 184 valence electrons. The first-order valence-corrected chi connectivity index (χ1v) is 9.55. The lowest BCUT2D eigenvalue weighted by Gasteiger charge is -2.23. The molecule has 4 amide bonds. The molecule has 0 radical (unpaired) electrons. The fraction of sp³-hybridized carbons (Fsp3) is 0.556. The minimum atomic E-state index is -1.55. The van der Waals surface area contributed by atoms with Crippen molar-refractivity contribution in [2.45, 2.75) is 63.7 Å². The smallest absolute Gasteiger partial charge is 0.305 e. The average molecular weight is 474 g/mol. The van der Waals surface area contributed by atoms with Crippen LogP contribution in [0.4, 0.5) is 0 Å². The Balaban J connectivity index is 5.34. The van der Waals surface area contributed by atoms with Gasteiger partial charge in [-0.15, -0.1) is 0 Å². The summed E-state index contributed by atoms with van der Waals surface area (Å²) in [5, 5.41) is 35.0. The Kier molecular flexibility index (Phi) is 12.4. The van der Waals surface area contributed by atoms with Gasteiger partial charge >= 0.3 is 17.9 Å². The van der Waals surface area contributed by atoms with Crippen molar-refractivity contribution < 1.29 is 53.7 Å². The molecule has 0 saturated carbocycles. The van der Waals surface area contributed by atoms with Gasteiger partial charge in [0.2, 0.25) is 23.6 Å². The zero-order valence-corrected chi connectivity index (χ0v) is 17.8. The molecule has 33 heavy (non-hydrogen) atoms. The van der Waals surface area contributed by atoms with Gasteiger partial charge in [-0.1, -0.05) is 0 Å². The number of aldehydes is 1. The van der Waals surface area contributed by atoms with E-state index in [1.807, 2.05) is 0 Å². The summed E-state index contributed by atoms with van der Waals surface area (Å²) in [7, 11) is 0. The molecule has 4 atom stereocenters. The van der Waals surface area contributed by atoms with Gasteiger partial charge in [-0.25, -0.2) is 0 Å². The van der Waals surface area contributed by atoms with Gasteiger partial charge in [0.1, 0.15) is 24.4 Å². The van der Waals surface area contributed by atoms with E-state index < -0.39 is 91.4 Å². The number of hydrogen-bond acceptors (Lipinski definition) is 8. The van der Waals surface area contributed by atoms with Crippen LogP contribution < -0.4 is 21.3 Å². The highest BCUT2D eigenvalue weighted by Gasteiger charge is 2.30. The van der Waals surface area contributed by atoms with Crippen LogP contribution in [0.3, 0.4) is 0 Å². The zero-order chi connectivity index (χ0) is 25.7. The highest BCUT2D eigenvalue weighted by molar-refractivity contribution is 5.95. The fourth-order valence-corrected chi connectivity index (χ4v) is 2.45. The van der Waals surface area contributed by atoms with Crippen LogP contribution in [-0.2, 0) is 38.4 Å². The van der Waals surface area contributed by atoms with Gasteiger partial charge in [0.05, 0.1) is 18.9 Å². The molecule has 0 aliphatic rings. The summed E-state index contributed by atoms with van der Waals surface area (Å²) < 4.78 is 0. The molecule has 0 bridgehead atoms. The Morgan fingerprint density at radius 3 is 1.73 bits per heavy atom. The molecular weight excluding hydrogens is 448 g/mol. The van der Waals surface area contributed by atoms with Gasteiger partial charge in [0.15, 0.2) is 0 Å². The van der Waals surface area contributed by atoms with E-state index >= 15 is 0 Å². The third kappa shape index (κ3) is 12.4. The van der Waals surface area contributed by atoms with Crippen molar-refractivity contribution in [3.8, 4) is 0 Å². The van der Waals surface area contributed by atoms with E-state index in [0.29, 0.717) is 0 Å². The Morgan fingerprint density at radius 1 is 0.727 bits per heavy atom. The number of hydrogen-bond donors (Lipinski definition) is 7. The molecule has 0 aromatic carbocycles. The highest BCUT2D eigenvalue weighted by atomic mass is 16.4. The van der Waals surface area contributed by atoms with Crippen LogP contribution in [0.5, 0.6) is 0 Å². The summed E-state index contributed by atoms with van der Waals surface area (Å²) in [5.74, 6) is -7.81. The minimum absolute atomic E-state index is 0.195. The summed E-state index contributed by atoms with van der Waals surface area (Å²) in [6.45, 7) is 2.23. The lowest BCUT2D eigenvalue weighted by molar-refractivity contribution is -0.141. The number of carbonyl (C=O) groups excluding carboxylic acids is 5. The average Bonchev–Trinajstić information content (AvgIpc) is 2.68. The topological polar surface area (TPSA) is 245 Å². The number of rotatable bonds is 15. The van der Waals surface area contributed by atoms with Crippen LogP contribution >= 0.6 is 0 Å². The maximum absolute atomic E-state index is 12.5. The SMILES string of the molecule is CC(=O)N[C@@H](CC(=O)O)C(=O)N[C@@H](CCC(=O)O)C(=O)N[C@@H](C)C(=O)N[C@H](C=O)CC(=O)O. The molecule has 0 aliphatic heterocycles. The predicted molar refractivity (Wildman–Crippen MR) is 107 cm³/mol. The summed E-state index contributed by atoms with van der Waals surface area (Å²) in [6.07, 6.45) is -2.32. The molecule has 0 aromatic heterocycles. The van der Waals surface area contributed by atoms with E-state index in [9.17, 15) is 38.4 Å². The van der Waals surface area contributed by atoms with Crippen molar-refractivity contribution in [1.29, 1.82) is 0 Å². The normalized spacial score (nSPS) is 13.9. The summed E-state index contributed by atoms with van der Waals surface area (Å²) >= 11 is 0. The second-order valence-corrected chi connectivity index (χ2v) is 6.92. The summed E-state index contributed by atoms with van der Waals surface area (Å²) in [4.78, 5) is 91.6. The van der Waals surface area contributed by atoms with Gasteiger partial charge in [-0.05, 0) is 13.3 Å². The van der Waals surface area contributed by atoms with Crippen LogP contribution in [0.2, 0.25) is 0 Å². The van der Waals surface area contributed by atoms with Crippen LogP contribution in [0.25, 0.3) is 0 Å². The number of carboxylic acid groups (broad SMARTS) is 3. The van der Waals surface area contributed by atoms with Crippen molar-refractivity contribution in [3.63, 3.8) is 0 Å². The first-order valence-electron chi connectivity index (χ1n) is 9.55. The molecule has 0 spiro atoms. The Hall–Kier alpha value is -4.04. The lowest BCUT2D eigenvalue weighted by Crippen LogP contribution is -2.57.